The number of aromatic nitrogens is 2. The van der Waals surface area contributed by atoms with Gasteiger partial charge in [0, 0.05) is 12.0 Å². The highest BCUT2D eigenvalue weighted by atomic mass is 16.5. The first-order valence-electron chi connectivity index (χ1n) is 13.1. The molecule has 1 aromatic heterocycles. The standard InChI is InChI=1S/C32H30N4O5/c1-21-14-15-25(17-22(21)2)36-30(38)29(27(34-36)20-41-19-23-9-4-3-5-10-23)33-35-32(31(39)40)16-8-11-24(18-32)26-12-6-7-13-28(26)37/h3-17,34,37H,18-20H2,1-2H3,(H,39,40). The number of benzene rings is 3. The lowest BCUT2D eigenvalue weighted by Crippen LogP contribution is -2.35. The van der Waals surface area contributed by atoms with Crippen molar-refractivity contribution in [1.82, 2.24) is 9.78 Å². The third-order valence-electron chi connectivity index (χ3n) is 7.12. The molecule has 9 nitrogen and oxygen atoms in total. The molecule has 0 aliphatic heterocycles. The fraction of sp³-hybridized carbons (Fsp3) is 0.188. The zero-order valence-corrected chi connectivity index (χ0v) is 22.7. The van der Waals surface area contributed by atoms with Crippen molar-refractivity contribution >= 4 is 17.2 Å². The van der Waals surface area contributed by atoms with Crippen molar-refractivity contribution in [2.75, 3.05) is 0 Å². The van der Waals surface area contributed by atoms with Crippen LogP contribution < -0.4 is 5.56 Å². The molecule has 3 aromatic carbocycles. The molecule has 1 aliphatic rings. The molecule has 208 valence electrons. The minimum atomic E-state index is -1.77. The number of aromatic amines is 1. The SMILES string of the molecule is Cc1ccc(-n2[nH]c(COCc3ccccc3)c(N=NC3(C(=O)O)C=CC=C(c4ccccc4O)C3)c2=O)cc1C. The highest BCUT2D eigenvalue weighted by Gasteiger charge is 2.39. The summed E-state index contributed by atoms with van der Waals surface area (Å²) in [5, 5.41) is 32.1. The summed E-state index contributed by atoms with van der Waals surface area (Å²) >= 11 is 0. The van der Waals surface area contributed by atoms with Crippen molar-refractivity contribution in [2.45, 2.75) is 39.0 Å². The number of allylic oxidation sites excluding steroid dienone is 2. The van der Waals surface area contributed by atoms with Crippen LogP contribution in [0.4, 0.5) is 5.69 Å². The molecule has 1 heterocycles. The Labute approximate surface area is 236 Å². The number of rotatable bonds is 9. The molecule has 0 bridgehead atoms. The van der Waals surface area contributed by atoms with Gasteiger partial charge in [0.05, 0.1) is 24.6 Å². The van der Waals surface area contributed by atoms with E-state index in [0.29, 0.717) is 29.1 Å². The normalized spacial score (nSPS) is 16.7. The van der Waals surface area contributed by atoms with E-state index in [-0.39, 0.29) is 24.5 Å². The zero-order valence-electron chi connectivity index (χ0n) is 22.7. The van der Waals surface area contributed by atoms with Crippen LogP contribution in [0.15, 0.2) is 106 Å². The molecule has 0 spiro atoms. The Morgan fingerprint density at radius 1 is 1.02 bits per heavy atom. The lowest BCUT2D eigenvalue weighted by Gasteiger charge is -2.24. The van der Waals surface area contributed by atoms with E-state index in [1.54, 1.807) is 30.4 Å². The molecular weight excluding hydrogens is 520 g/mol. The maximum atomic E-state index is 13.6. The van der Waals surface area contributed by atoms with Gasteiger partial charge < -0.3 is 14.9 Å². The molecule has 5 rings (SSSR count). The highest BCUT2D eigenvalue weighted by molar-refractivity contribution is 5.88. The maximum Gasteiger partial charge on any atom is 0.337 e. The summed E-state index contributed by atoms with van der Waals surface area (Å²) in [7, 11) is 0. The van der Waals surface area contributed by atoms with Crippen LogP contribution >= 0.6 is 0 Å². The second-order valence-corrected chi connectivity index (χ2v) is 10.0. The van der Waals surface area contributed by atoms with E-state index in [1.807, 2.05) is 62.4 Å². The van der Waals surface area contributed by atoms with Crippen molar-refractivity contribution in [3.05, 3.63) is 129 Å². The first kappa shape index (κ1) is 27.5. The van der Waals surface area contributed by atoms with Crippen molar-refractivity contribution in [1.29, 1.82) is 0 Å². The number of H-pyrrole nitrogens is 1. The number of carboxylic acids is 1. The number of nitrogens with zero attached hydrogens (tertiary/aromatic N) is 3. The van der Waals surface area contributed by atoms with Crippen LogP contribution in [-0.4, -0.2) is 31.5 Å². The first-order valence-corrected chi connectivity index (χ1v) is 13.1. The summed E-state index contributed by atoms with van der Waals surface area (Å²) in [6.45, 7) is 4.28. The van der Waals surface area contributed by atoms with Gasteiger partial charge in [-0.1, -0.05) is 66.7 Å². The lowest BCUT2D eigenvalue weighted by molar-refractivity contribution is -0.141. The zero-order chi connectivity index (χ0) is 29.0. The predicted molar refractivity (Wildman–Crippen MR) is 156 cm³/mol. The second-order valence-electron chi connectivity index (χ2n) is 10.0. The van der Waals surface area contributed by atoms with Gasteiger partial charge in [0.25, 0.3) is 5.56 Å². The van der Waals surface area contributed by atoms with E-state index in [9.17, 15) is 19.8 Å². The molecule has 1 atom stereocenters. The van der Waals surface area contributed by atoms with Gasteiger partial charge in [0.2, 0.25) is 5.54 Å². The van der Waals surface area contributed by atoms with Crippen LogP contribution in [0.3, 0.4) is 0 Å². The number of azo groups is 1. The van der Waals surface area contributed by atoms with Gasteiger partial charge in [-0.05, 0) is 60.4 Å². The van der Waals surface area contributed by atoms with Gasteiger partial charge in [-0.2, -0.15) is 5.11 Å². The summed E-state index contributed by atoms with van der Waals surface area (Å²) in [4.78, 5) is 26.2. The number of phenols is 1. The quantitative estimate of drug-likeness (QED) is 0.215. The molecule has 9 heteroatoms. The number of para-hydroxylation sites is 1. The van der Waals surface area contributed by atoms with Crippen LogP contribution in [0.1, 0.15) is 34.4 Å². The van der Waals surface area contributed by atoms with Gasteiger partial charge >= 0.3 is 5.97 Å². The third kappa shape index (κ3) is 5.80. The van der Waals surface area contributed by atoms with E-state index in [2.05, 4.69) is 15.3 Å². The topological polar surface area (TPSA) is 129 Å². The minimum absolute atomic E-state index is 0.0231. The molecule has 0 amide bonds. The largest absolute Gasteiger partial charge is 0.507 e. The highest BCUT2D eigenvalue weighted by Crippen LogP contribution is 2.37. The Hall–Kier alpha value is -5.02. The van der Waals surface area contributed by atoms with Gasteiger partial charge in [0.1, 0.15) is 5.75 Å². The molecule has 4 aromatic rings. The lowest BCUT2D eigenvalue weighted by atomic mass is 9.84. The molecule has 0 saturated carbocycles. The monoisotopic (exact) mass is 550 g/mol. The predicted octanol–water partition coefficient (Wildman–Crippen LogP) is 6.16. The van der Waals surface area contributed by atoms with E-state index in [4.69, 9.17) is 4.74 Å². The minimum Gasteiger partial charge on any atom is -0.507 e. The molecule has 1 aliphatic carbocycles. The van der Waals surface area contributed by atoms with Crippen molar-refractivity contribution in [3.63, 3.8) is 0 Å². The van der Waals surface area contributed by atoms with Gasteiger partial charge in [-0.25, -0.2) is 9.48 Å². The Morgan fingerprint density at radius 2 is 1.78 bits per heavy atom. The number of aromatic hydroxyl groups is 1. The van der Waals surface area contributed by atoms with Crippen LogP contribution in [0.2, 0.25) is 0 Å². The van der Waals surface area contributed by atoms with Crippen molar-refractivity contribution in [3.8, 4) is 11.4 Å². The summed E-state index contributed by atoms with van der Waals surface area (Å²) in [6, 6.07) is 21.9. The van der Waals surface area contributed by atoms with Crippen LogP contribution in [0.25, 0.3) is 11.3 Å². The Morgan fingerprint density at radius 3 is 2.51 bits per heavy atom. The Kier molecular flexibility index (Phi) is 7.80. The smallest absolute Gasteiger partial charge is 0.337 e. The number of carbonyl (C=O) groups is 1. The number of phenolic OH excluding ortho intramolecular Hbond substituents is 1. The summed E-state index contributed by atoms with van der Waals surface area (Å²) in [6.07, 6.45) is 4.68. The molecule has 0 fully saturated rings. The van der Waals surface area contributed by atoms with Gasteiger partial charge in [-0.15, -0.1) is 5.11 Å². The van der Waals surface area contributed by atoms with Crippen LogP contribution in [0.5, 0.6) is 5.75 Å². The molecule has 3 N–H and O–H groups in total. The number of hydrogen-bond acceptors (Lipinski definition) is 6. The summed E-state index contributed by atoms with van der Waals surface area (Å²) in [5.74, 6) is -1.20. The molecule has 0 radical (unpaired) electrons. The summed E-state index contributed by atoms with van der Waals surface area (Å²) < 4.78 is 7.25. The number of hydrogen-bond donors (Lipinski definition) is 3. The van der Waals surface area contributed by atoms with Gasteiger partial charge in [-0.3, -0.25) is 9.89 Å². The average Bonchev–Trinajstić information content (AvgIpc) is 3.29. The van der Waals surface area contributed by atoms with Crippen LogP contribution in [0, 0.1) is 13.8 Å². The average molecular weight is 551 g/mol. The van der Waals surface area contributed by atoms with Crippen molar-refractivity contribution in [2.24, 2.45) is 10.2 Å². The summed E-state index contributed by atoms with van der Waals surface area (Å²) in [5.41, 5.74) is 2.83. The molecule has 1 unspecified atom stereocenters. The second kappa shape index (κ2) is 11.6. The Balaban J connectivity index is 1.51. The van der Waals surface area contributed by atoms with Gasteiger partial charge in [0.15, 0.2) is 5.69 Å². The molecule has 41 heavy (non-hydrogen) atoms. The third-order valence-corrected chi connectivity index (χ3v) is 7.12. The number of aliphatic carboxylic acids is 1. The van der Waals surface area contributed by atoms with Crippen LogP contribution in [-0.2, 0) is 22.7 Å². The Bertz CT molecular complexity index is 1730. The van der Waals surface area contributed by atoms with E-state index < -0.39 is 17.1 Å². The van der Waals surface area contributed by atoms with E-state index in [1.165, 1.54) is 16.8 Å². The number of aryl methyl sites for hydroxylation is 2. The fourth-order valence-corrected chi connectivity index (χ4v) is 4.63. The van der Waals surface area contributed by atoms with Crippen molar-refractivity contribution < 1.29 is 19.7 Å². The number of carboxylic acid groups (broad SMARTS) is 1. The fourth-order valence-electron chi connectivity index (χ4n) is 4.63. The maximum absolute atomic E-state index is 13.6. The number of nitrogens with one attached hydrogen (secondary N) is 1. The van der Waals surface area contributed by atoms with E-state index in [0.717, 1.165) is 16.7 Å². The van der Waals surface area contributed by atoms with E-state index >= 15 is 0 Å². The molecular formula is C32H30N4O5. The molecule has 0 saturated heterocycles. The number of ether oxygens (including phenoxy) is 1. The first-order chi connectivity index (χ1) is 19.8.